The van der Waals surface area contributed by atoms with Gasteiger partial charge in [0.1, 0.15) is 5.82 Å². The molecule has 6 heteroatoms. The van der Waals surface area contributed by atoms with Crippen LogP contribution in [0.2, 0.25) is 0 Å². The second-order valence-electron chi connectivity index (χ2n) is 5.94. The predicted molar refractivity (Wildman–Crippen MR) is 72.7 cm³/mol. The summed E-state index contributed by atoms with van der Waals surface area (Å²) in [6.07, 6.45) is -1.37. The fourth-order valence-electron chi connectivity index (χ4n) is 1.98. The van der Waals surface area contributed by atoms with Crippen LogP contribution in [-0.4, -0.2) is 23.4 Å². The molecule has 0 amide bonds. The standard InChI is InChI=1S/C14H17BFNO3/c1-13(2)14(3,4)20-15(19-13)10-5-9(12(18)8-17)6-11(16)7-10/h5-7,12,18H,1-4H3. The molecule has 1 heterocycles. The highest BCUT2D eigenvalue weighted by Gasteiger charge is 2.51. The molecule has 0 aromatic heterocycles. The van der Waals surface area contributed by atoms with Crippen molar-refractivity contribution in [2.75, 3.05) is 0 Å². The third kappa shape index (κ3) is 2.57. The Labute approximate surface area is 118 Å². The molecule has 1 atom stereocenters. The van der Waals surface area contributed by atoms with Crippen molar-refractivity contribution in [3.8, 4) is 6.07 Å². The monoisotopic (exact) mass is 277 g/mol. The van der Waals surface area contributed by atoms with Gasteiger partial charge in [-0.1, -0.05) is 6.07 Å². The average molecular weight is 277 g/mol. The van der Waals surface area contributed by atoms with Gasteiger partial charge in [-0.3, -0.25) is 0 Å². The number of hydrogen-bond donors (Lipinski definition) is 1. The minimum atomic E-state index is -1.37. The smallest absolute Gasteiger partial charge is 0.399 e. The number of aliphatic hydroxyl groups excluding tert-OH is 1. The number of halogens is 1. The maximum atomic E-state index is 13.6. The van der Waals surface area contributed by atoms with E-state index in [0.717, 1.165) is 6.07 Å². The molecule has 1 aromatic rings. The molecule has 0 bridgehead atoms. The van der Waals surface area contributed by atoms with Crippen molar-refractivity contribution in [2.24, 2.45) is 0 Å². The third-order valence-corrected chi connectivity index (χ3v) is 3.91. The van der Waals surface area contributed by atoms with E-state index in [1.807, 2.05) is 27.7 Å². The molecule has 1 fully saturated rings. The van der Waals surface area contributed by atoms with Crippen molar-refractivity contribution in [2.45, 2.75) is 45.0 Å². The third-order valence-electron chi connectivity index (χ3n) is 3.91. The zero-order valence-electron chi connectivity index (χ0n) is 12.0. The summed E-state index contributed by atoms with van der Waals surface area (Å²) in [5, 5.41) is 18.2. The average Bonchev–Trinajstić information content (AvgIpc) is 2.57. The summed E-state index contributed by atoms with van der Waals surface area (Å²) in [5.74, 6) is -0.540. The molecule has 0 spiro atoms. The summed E-state index contributed by atoms with van der Waals surface area (Å²) in [6, 6.07) is 5.61. The fraction of sp³-hybridized carbons (Fsp3) is 0.500. The number of nitriles is 1. The van der Waals surface area contributed by atoms with Crippen LogP contribution >= 0.6 is 0 Å². The largest absolute Gasteiger partial charge is 0.494 e. The summed E-state index contributed by atoms with van der Waals surface area (Å²) in [7, 11) is -0.722. The molecule has 106 valence electrons. The van der Waals surface area contributed by atoms with E-state index in [-0.39, 0.29) is 5.56 Å². The summed E-state index contributed by atoms with van der Waals surface area (Å²) >= 11 is 0. The first-order valence-electron chi connectivity index (χ1n) is 6.40. The normalized spacial score (nSPS) is 21.6. The zero-order chi connectivity index (χ0) is 15.1. The van der Waals surface area contributed by atoms with E-state index in [1.165, 1.54) is 12.1 Å². The summed E-state index contributed by atoms with van der Waals surface area (Å²) in [5.41, 5.74) is -0.416. The first-order chi connectivity index (χ1) is 9.16. The molecule has 2 rings (SSSR count). The van der Waals surface area contributed by atoms with Gasteiger partial charge in [-0.2, -0.15) is 5.26 Å². The molecule has 0 aliphatic carbocycles. The van der Waals surface area contributed by atoms with E-state index >= 15 is 0 Å². The van der Waals surface area contributed by atoms with Crippen molar-refractivity contribution < 1.29 is 18.8 Å². The number of rotatable bonds is 2. The Hall–Kier alpha value is -1.42. The second kappa shape index (κ2) is 4.85. The first-order valence-corrected chi connectivity index (χ1v) is 6.40. The fourth-order valence-corrected chi connectivity index (χ4v) is 1.98. The lowest BCUT2D eigenvalue weighted by atomic mass is 9.78. The van der Waals surface area contributed by atoms with Crippen molar-refractivity contribution in [3.63, 3.8) is 0 Å². The molecule has 4 nitrogen and oxygen atoms in total. The highest BCUT2D eigenvalue weighted by Crippen LogP contribution is 2.36. The van der Waals surface area contributed by atoms with E-state index in [4.69, 9.17) is 14.6 Å². The van der Waals surface area contributed by atoms with Gasteiger partial charge in [0, 0.05) is 0 Å². The number of benzene rings is 1. The minimum absolute atomic E-state index is 0.192. The lowest BCUT2D eigenvalue weighted by Crippen LogP contribution is -2.41. The van der Waals surface area contributed by atoms with Crippen LogP contribution < -0.4 is 5.46 Å². The van der Waals surface area contributed by atoms with Crippen LogP contribution in [0.5, 0.6) is 0 Å². The highest BCUT2D eigenvalue weighted by atomic mass is 19.1. The molecule has 20 heavy (non-hydrogen) atoms. The maximum Gasteiger partial charge on any atom is 0.494 e. The van der Waals surface area contributed by atoms with Crippen LogP contribution in [-0.2, 0) is 9.31 Å². The van der Waals surface area contributed by atoms with Gasteiger partial charge in [0.2, 0.25) is 0 Å². The molecule has 0 radical (unpaired) electrons. The summed E-state index contributed by atoms with van der Waals surface area (Å²) < 4.78 is 25.3. The SMILES string of the molecule is CC1(C)OB(c2cc(F)cc(C(O)C#N)c2)OC1(C)C. The van der Waals surface area contributed by atoms with Gasteiger partial charge in [-0.05, 0) is 50.9 Å². The molecule has 1 N–H and O–H groups in total. The lowest BCUT2D eigenvalue weighted by molar-refractivity contribution is 0.00578. The Morgan fingerprint density at radius 1 is 1.20 bits per heavy atom. The molecular formula is C14H17BFNO3. The van der Waals surface area contributed by atoms with Crippen molar-refractivity contribution in [1.82, 2.24) is 0 Å². The van der Waals surface area contributed by atoms with E-state index in [0.29, 0.717) is 5.46 Å². The van der Waals surface area contributed by atoms with Crippen LogP contribution in [0.25, 0.3) is 0 Å². The molecule has 1 saturated heterocycles. The number of aliphatic hydroxyl groups is 1. The van der Waals surface area contributed by atoms with Gasteiger partial charge in [0.25, 0.3) is 0 Å². The van der Waals surface area contributed by atoms with Gasteiger partial charge in [-0.25, -0.2) is 4.39 Å². The molecule has 1 aliphatic rings. The maximum absolute atomic E-state index is 13.6. The Kier molecular flexibility index (Phi) is 3.63. The van der Waals surface area contributed by atoms with Gasteiger partial charge in [-0.15, -0.1) is 0 Å². The van der Waals surface area contributed by atoms with E-state index < -0.39 is 30.2 Å². The van der Waals surface area contributed by atoms with Gasteiger partial charge in [0.05, 0.1) is 17.3 Å². The topological polar surface area (TPSA) is 62.5 Å². The second-order valence-corrected chi connectivity index (χ2v) is 5.94. The highest BCUT2D eigenvalue weighted by molar-refractivity contribution is 6.62. The van der Waals surface area contributed by atoms with Crippen molar-refractivity contribution in [1.29, 1.82) is 5.26 Å². The molecule has 1 aliphatic heterocycles. The zero-order valence-corrected chi connectivity index (χ0v) is 12.0. The van der Waals surface area contributed by atoms with Crippen LogP contribution in [0.4, 0.5) is 4.39 Å². The first kappa shape index (κ1) is 15.0. The predicted octanol–water partition coefficient (Wildman–Crippen LogP) is 1.68. The van der Waals surface area contributed by atoms with Crippen LogP contribution in [0.3, 0.4) is 0 Å². The summed E-state index contributed by atoms with van der Waals surface area (Å²) in [6.45, 7) is 7.60. The molecule has 1 unspecified atom stereocenters. The van der Waals surface area contributed by atoms with Crippen LogP contribution in [0.15, 0.2) is 18.2 Å². The molecule has 1 aromatic carbocycles. The van der Waals surface area contributed by atoms with E-state index in [9.17, 15) is 9.50 Å². The van der Waals surface area contributed by atoms with E-state index in [2.05, 4.69) is 0 Å². The Morgan fingerprint density at radius 3 is 2.25 bits per heavy atom. The van der Waals surface area contributed by atoms with E-state index in [1.54, 1.807) is 6.07 Å². The molecule has 0 saturated carbocycles. The van der Waals surface area contributed by atoms with Crippen LogP contribution in [0, 0.1) is 17.1 Å². The Morgan fingerprint density at radius 2 is 1.75 bits per heavy atom. The Balaban J connectivity index is 2.36. The number of nitrogens with zero attached hydrogens (tertiary/aromatic N) is 1. The number of hydrogen-bond acceptors (Lipinski definition) is 4. The molecular weight excluding hydrogens is 260 g/mol. The quantitative estimate of drug-likeness (QED) is 0.660. The Bertz CT molecular complexity index is 552. The lowest BCUT2D eigenvalue weighted by Gasteiger charge is -2.32. The van der Waals surface area contributed by atoms with Gasteiger partial charge < -0.3 is 14.4 Å². The van der Waals surface area contributed by atoms with Crippen LogP contribution in [0.1, 0.15) is 39.4 Å². The van der Waals surface area contributed by atoms with Gasteiger partial charge in [0.15, 0.2) is 6.10 Å². The van der Waals surface area contributed by atoms with Crippen molar-refractivity contribution >= 4 is 12.6 Å². The minimum Gasteiger partial charge on any atom is -0.399 e. The van der Waals surface area contributed by atoms with Gasteiger partial charge >= 0.3 is 7.12 Å². The van der Waals surface area contributed by atoms with Crippen molar-refractivity contribution in [3.05, 3.63) is 29.6 Å². The summed E-state index contributed by atoms with van der Waals surface area (Å²) in [4.78, 5) is 0.